The molecule has 0 bridgehead atoms. The molecule has 3 N–H and O–H groups in total. The molecule has 19 heavy (non-hydrogen) atoms. The molecule has 7 heteroatoms. The number of halogens is 2. The maximum Gasteiger partial charge on any atom is 0.321 e. The van der Waals surface area contributed by atoms with Gasteiger partial charge in [-0.15, -0.1) is 0 Å². The average molecular weight is 393 g/mol. The maximum absolute atomic E-state index is 11.8. The minimum absolute atomic E-state index is 0.388. The van der Waals surface area contributed by atoms with E-state index in [1.54, 1.807) is 13.8 Å². The van der Waals surface area contributed by atoms with Gasteiger partial charge in [-0.3, -0.25) is 10.1 Å². The van der Waals surface area contributed by atoms with Gasteiger partial charge in [-0.05, 0) is 48.0 Å². The largest absolute Gasteiger partial charge is 0.373 e. The van der Waals surface area contributed by atoms with Gasteiger partial charge in [0, 0.05) is 21.2 Å². The van der Waals surface area contributed by atoms with Gasteiger partial charge in [-0.2, -0.15) is 0 Å². The Morgan fingerprint density at radius 3 is 2.58 bits per heavy atom. The lowest BCUT2D eigenvalue weighted by Gasteiger charge is -2.16. The normalized spacial score (nSPS) is 11.6. The number of carbonyl (C=O) groups excluding carboxylic acids is 2. The summed E-state index contributed by atoms with van der Waals surface area (Å²) in [6.07, 6.45) is 0. The number of imide groups is 1. The van der Waals surface area contributed by atoms with E-state index in [9.17, 15) is 9.59 Å². The fourth-order valence-corrected chi connectivity index (χ4v) is 2.49. The first kappa shape index (κ1) is 16.0. The molecule has 0 aromatic heterocycles. The van der Waals surface area contributed by atoms with Crippen molar-refractivity contribution in [2.45, 2.75) is 19.9 Å². The minimum atomic E-state index is -0.528. The molecule has 0 radical (unpaired) electrons. The van der Waals surface area contributed by atoms with Crippen LogP contribution in [0.15, 0.2) is 27.1 Å². The maximum atomic E-state index is 11.8. The summed E-state index contributed by atoms with van der Waals surface area (Å²) in [7, 11) is 0. The quantitative estimate of drug-likeness (QED) is 0.737. The number of nitrogens with one attached hydrogen (secondary N) is 3. The third-order valence-corrected chi connectivity index (χ3v) is 3.42. The molecule has 1 rings (SSSR count). The molecule has 1 unspecified atom stereocenters. The number of amides is 3. The lowest BCUT2D eigenvalue weighted by atomic mass is 10.2. The molecule has 1 aromatic rings. The Bertz CT molecular complexity index is 480. The highest BCUT2D eigenvalue weighted by molar-refractivity contribution is 9.11. The zero-order chi connectivity index (χ0) is 14.4. The topological polar surface area (TPSA) is 70.2 Å². The smallest absolute Gasteiger partial charge is 0.321 e. The Balaban J connectivity index is 2.61. The van der Waals surface area contributed by atoms with Crippen LogP contribution in [0.4, 0.5) is 10.5 Å². The fourth-order valence-electron chi connectivity index (χ4n) is 1.33. The molecule has 0 aliphatic carbocycles. The van der Waals surface area contributed by atoms with Gasteiger partial charge in [-0.25, -0.2) is 4.79 Å². The van der Waals surface area contributed by atoms with Crippen molar-refractivity contribution in [3.63, 3.8) is 0 Å². The summed E-state index contributed by atoms with van der Waals surface area (Å²) in [5.41, 5.74) is 0.779. The number of benzene rings is 1. The Morgan fingerprint density at radius 2 is 2.00 bits per heavy atom. The van der Waals surface area contributed by atoms with Crippen LogP contribution in [0.1, 0.15) is 13.8 Å². The summed E-state index contributed by atoms with van der Waals surface area (Å²) in [4.78, 5) is 23.0. The van der Waals surface area contributed by atoms with E-state index in [2.05, 4.69) is 47.8 Å². The number of carbonyl (C=O) groups is 2. The highest BCUT2D eigenvalue weighted by Gasteiger charge is 2.16. The van der Waals surface area contributed by atoms with E-state index in [0.29, 0.717) is 6.54 Å². The second-order valence-corrected chi connectivity index (χ2v) is 5.61. The zero-order valence-corrected chi connectivity index (χ0v) is 13.8. The van der Waals surface area contributed by atoms with E-state index < -0.39 is 12.1 Å². The van der Waals surface area contributed by atoms with Gasteiger partial charge in [-0.1, -0.05) is 15.9 Å². The second kappa shape index (κ2) is 7.49. The van der Waals surface area contributed by atoms with Crippen molar-refractivity contribution in [2.75, 3.05) is 11.9 Å². The van der Waals surface area contributed by atoms with Crippen LogP contribution < -0.4 is 16.0 Å². The summed E-state index contributed by atoms with van der Waals surface area (Å²) >= 11 is 6.75. The molecule has 1 aromatic carbocycles. The van der Waals surface area contributed by atoms with Crippen molar-refractivity contribution in [1.29, 1.82) is 0 Å². The van der Waals surface area contributed by atoms with Crippen LogP contribution in [0, 0.1) is 0 Å². The Morgan fingerprint density at radius 1 is 1.32 bits per heavy atom. The van der Waals surface area contributed by atoms with Crippen LogP contribution in [-0.2, 0) is 4.79 Å². The lowest BCUT2D eigenvalue weighted by molar-refractivity contribution is -0.120. The van der Waals surface area contributed by atoms with Gasteiger partial charge in [0.2, 0.25) is 5.91 Å². The third kappa shape index (κ3) is 5.20. The standard InChI is InChI=1S/C12H15Br2N3O2/c1-3-15-12(19)17-11(18)7(2)16-10-5-4-8(13)6-9(10)14/h4-7,16H,3H2,1-2H3,(H2,15,17,18,19). The molecule has 0 aliphatic rings. The molecule has 1 atom stereocenters. The first-order chi connectivity index (χ1) is 8.93. The summed E-state index contributed by atoms with van der Waals surface area (Å²) in [6, 6.07) is 4.55. The Kier molecular flexibility index (Phi) is 6.30. The van der Waals surface area contributed by atoms with Crippen molar-refractivity contribution in [3.05, 3.63) is 27.1 Å². The van der Waals surface area contributed by atoms with Crippen LogP contribution in [-0.4, -0.2) is 24.5 Å². The number of hydrogen-bond acceptors (Lipinski definition) is 3. The molecule has 0 fully saturated rings. The van der Waals surface area contributed by atoms with Crippen molar-refractivity contribution >= 4 is 49.5 Å². The van der Waals surface area contributed by atoms with Gasteiger partial charge >= 0.3 is 6.03 Å². The third-order valence-electron chi connectivity index (χ3n) is 2.27. The predicted octanol–water partition coefficient (Wildman–Crippen LogP) is 2.86. The number of hydrogen-bond donors (Lipinski definition) is 3. The van der Waals surface area contributed by atoms with E-state index in [4.69, 9.17) is 0 Å². The van der Waals surface area contributed by atoms with E-state index >= 15 is 0 Å². The van der Waals surface area contributed by atoms with Gasteiger partial charge in [0.15, 0.2) is 0 Å². The molecule has 0 heterocycles. The Labute approximate surface area is 128 Å². The molecular weight excluding hydrogens is 378 g/mol. The SMILES string of the molecule is CCNC(=O)NC(=O)C(C)Nc1ccc(Br)cc1Br. The summed E-state index contributed by atoms with van der Waals surface area (Å²) in [5, 5.41) is 7.78. The zero-order valence-electron chi connectivity index (χ0n) is 10.6. The monoisotopic (exact) mass is 391 g/mol. The van der Waals surface area contributed by atoms with Gasteiger partial charge < -0.3 is 10.6 Å². The average Bonchev–Trinajstić information content (AvgIpc) is 2.32. The highest BCUT2D eigenvalue weighted by Crippen LogP contribution is 2.26. The van der Waals surface area contributed by atoms with Crippen LogP contribution in [0.5, 0.6) is 0 Å². The number of rotatable bonds is 4. The van der Waals surface area contributed by atoms with Crippen molar-refractivity contribution in [1.82, 2.24) is 10.6 Å². The van der Waals surface area contributed by atoms with Crippen molar-refractivity contribution in [2.24, 2.45) is 0 Å². The highest BCUT2D eigenvalue weighted by atomic mass is 79.9. The summed E-state index contributed by atoms with van der Waals surface area (Å²) in [6.45, 7) is 3.94. The lowest BCUT2D eigenvalue weighted by Crippen LogP contribution is -2.45. The fraction of sp³-hybridized carbons (Fsp3) is 0.333. The number of anilines is 1. The molecule has 0 saturated heterocycles. The molecule has 0 saturated carbocycles. The van der Waals surface area contributed by atoms with Gasteiger partial charge in [0.25, 0.3) is 0 Å². The first-order valence-electron chi connectivity index (χ1n) is 5.74. The van der Waals surface area contributed by atoms with Crippen molar-refractivity contribution in [3.8, 4) is 0 Å². The minimum Gasteiger partial charge on any atom is -0.373 e. The molecule has 3 amide bonds. The van der Waals surface area contributed by atoms with Gasteiger partial charge in [0.1, 0.15) is 6.04 Å². The van der Waals surface area contributed by atoms with Crippen LogP contribution >= 0.6 is 31.9 Å². The van der Waals surface area contributed by atoms with Crippen LogP contribution in [0.25, 0.3) is 0 Å². The number of urea groups is 1. The van der Waals surface area contributed by atoms with Crippen LogP contribution in [0.3, 0.4) is 0 Å². The van der Waals surface area contributed by atoms with Crippen LogP contribution in [0.2, 0.25) is 0 Å². The molecule has 104 valence electrons. The first-order valence-corrected chi connectivity index (χ1v) is 7.33. The van der Waals surface area contributed by atoms with Gasteiger partial charge in [0.05, 0.1) is 0 Å². The van der Waals surface area contributed by atoms with E-state index in [1.165, 1.54) is 0 Å². The molecule has 5 nitrogen and oxygen atoms in total. The predicted molar refractivity (Wildman–Crippen MR) is 82.1 cm³/mol. The molecular formula is C12H15Br2N3O2. The van der Waals surface area contributed by atoms with E-state index in [1.807, 2.05) is 18.2 Å². The van der Waals surface area contributed by atoms with Crippen molar-refractivity contribution < 1.29 is 9.59 Å². The summed E-state index contributed by atoms with van der Waals surface area (Å²) in [5.74, 6) is -0.388. The van der Waals surface area contributed by atoms with E-state index in [-0.39, 0.29) is 5.91 Å². The molecule has 0 spiro atoms. The Hall–Kier alpha value is -1.08. The van der Waals surface area contributed by atoms with E-state index in [0.717, 1.165) is 14.6 Å². The summed E-state index contributed by atoms with van der Waals surface area (Å²) < 4.78 is 1.77. The molecule has 0 aliphatic heterocycles. The second-order valence-electron chi connectivity index (χ2n) is 3.84.